The fourth-order valence-electron chi connectivity index (χ4n) is 1.64. The maximum absolute atomic E-state index is 11.5. The number of carbonyl (C=O) groups is 1. The van der Waals surface area contributed by atoms with Gasteiger partial charge in [-0.05, 0) is 38.3 Å². The van der Waals surface area contributed by atoms with Crippen molar-refractivity contribution in [1.82, 2.24) is 5.32 Å². The Morgan fingerprint density at radius 1 is 1.37 bits per heavy atom. The highest BCUT2D eigenvalue weighted by molar-refractivity contribution is 5.88. The van der Waals surface area contributed by atoms with E-state index in [-0.39, 0.29) is 18.3 Å². The van der Waals surface area contributed by atoms with E-state index in [1.165, 1.54) is 5.56 Å². The molecule has 0 aliphatic heterocycles. The molecule has 1 fully saturated rings. The Hall–Kier alpha value is -1.26. The van der Waals surface area contributed by atoms with Crippen molar-refractivity contribution in [3.05, 3.63) is 29.8 Å². The Morgan fingerprint density at radius 3 is 2.58 bits per heavy atom. The van der Waals surface area contributed by atoms with Crippen molar-refractivity contribution in [2.75, 3.05) is 13.2 Å². The molecule has 4 nitrogen and oxygen atoms in total. The van der Waals surface area contributed by atoms with Crippen molar-refractivity contribution in [3.8, 4) is 5.75 Å². The maximum atomic E-state index is 11.5. The summed E-state index contributed by atoms with van der Waals surface area (Å²) in [6.45, 7) is 3.25. The van der Waals surface area contributed by atoms with Crippen LogP contribution in [0.3, 0.4) is 0 Å². The van der Waals surface area contributed by atoms with Crippen LogP contribution >= 0.6 is 12.4 Å². The van der Waals surface area contributed by atoms with Gasteiger partial charge in [0.05, 0.1) is 12.1 Å². The summed E-state index contributed by atoms with van der Waals surface area (Å²) in [6.07, 6.45) is 2.40. The fraction of sp³-hybridized carbons (Fsp3) is 0.500. The Balaban J connectivity index is 0.00000180. The van der Waals surface area contributed by atoms with E-state index in [1.807, 2.05) is 31.2 Å². The number of rotatable bonds is 6. The number of carbonyl (C=O) groups excluding carboxylic acids is 1. The van der Waals surface area contributed by atoms with E-state index in [0.29, 0.717) is 13.2 Å². The first kappa shape index (κ1) is 15.8. The zero-order chi connectivity index (χ0) is 13.0. The zero-order valence-corrected chi connectivity index (χ0v) is 12.0. The van der Waals surface area contributed by atoms with Gasteiger partial charge in [-0.15, -0.1) is 12.4 Å². The Bertz CT molecular complexity index is 416. The lowest BCUT2D eigenvalue weighted by Crippen LogP contribution is -2.43. The lowest BCUT2D eigenvalue weighted by molar-refractivity contribution is -0.123. The van der Waals surface area contributed by atoms with Crippen molar-refractivity contribution >= 4 is 18.3 Å². The molecule has 5 heteroatoms. The number of nitrogens with two attached hydrogens (primary N) is 1. The summed E-state index contributed by atoms with van der Waals surface area (Å²) in [5.74, 6) is 0.835. The molecule has 1 amide bonds. The van der Waals surface area contributed by atoms with Gasteiger partial charge >= 0.3 is 0 Å². The predicted molar refractivity (Wildman–Crippen MR) is 77.7 cm³/mol. The Kier molecular flexibility index (Phi) is 5.63. The molecule has 1 aromatic rings. The lowest BCUT2D eigenvalue weighted by Gasteiger charge is -2.10. The summed E-state index contributed by atoms with van der Waals surface area (Å²) in [7, 11) is 0. The van der Waals surface area contributed by atoms with Crippen LogP contribution in [0.5, 0.6) is 5.75 Å². The van der Waals surface area contributed by atoms with Crippen molar-refractivity contribution in [3.63, 3.8) is 0 Å². The van der Waals surface area contributed by atoms with Crippen molar-refractivity contribution in [2.24, 2.45) is 5.73 Å². The Morgan fingerprint density at radius 2 is 2.00 bits per heavy atom. The summed E-state index contributed by atoms with van der Waals surface area (Å²) >= 11 is 0. The van der Waals surface area contributed by atoms with Crippen molar-refractivity contribution in [1.29, 1.82) is 0 Å². The monoisotopic (exact) mass is 284 g/mol. The van der Waals surface area contributed by atoms with Crippen LogP contribution in [0.2, 0.25) is 0 Å². The third kappa shape index (κ3) is 4.73. The first-order chi connectivity index (χ1) is 8.60. The zero-order valence-electron chi connectivity index (χ0n) is 11.1. The van der Waals surface area contributed by atoms with E-state index < -0.39 is 5.54 Å². The molecule has 1 aliphatic rings. The predicted octanol–water partition coefficient (Wildman–Crippen LogP) is 1.79. The minimum atomic E-state index is -0.572. The average Bonchev–Trinajstić information content (AvgIpc) is 3.10. The normalized spacial score (nSPS) is 15.3. The molecule has 0 spiro atoms. The lowest BCUT2D eigenvalue weighted by atomic mass is 10.2. The second-order valence-corrected chi connectivity index (χ2v) is 4.93. The van der Waals surface area contributed by atoms with Gasteiger partial charge in [0, 0.05) is 6.54 Å². The van der Waals surface area contributed by atoms with Gasteiger partial charge in [0.15, 0.2) is 0 Å². The molecule has 1 aliphatic carbocycles. The van der Waals surface area contributed by atoms with Crippen LogP contribution in [0.1, 0.15) is 24.8 Å². The molecule has 0 radical (unpaired) electrons. The molecule has 1 aromatic carbocycles. The van der Waals surface area contributed by atoms with Crippen LogP contribution in [0, 0.1) is 6.92 Å². The van der Waals surface area contributed by atoms with Crippen LogP contribution in [-0.4, -0.2) is 24.6 Å². The van der Waals surface area contributed by atoms with Crippen LogP contribution in [0.15, 0.2) is 24.3 Å². The summed E-state index contributed by atoms with van der Waals surface area (Å²) in [5, 5.41) is 2.84. The molecule has 0 aromatic heterocycles. The third-order valence-electron chi connectivity index (χ3n) is 3.14. The summed E-state index contributed by atoms with van der Waals surface area (Å²) in [5.41, 5.74) is 6.41. The van der Waals surface area contributed by atoms with E-state index in [1.54, 1.807) is 0 Å². The molecule has 1 saturated carbocycles. The molecule has 0 heterocycles. The number of amides is 1. The number of halogens is 1. The second-order valence-electron chi connectivity index (χ2n) is 4.93. The van der Waals surface area contributed by atoms with Crippen molar-refractivity contribution in [2.45, 2.75) is 31.7 Å². The van der Waals surface area contributed by atoms with E-state index >= 15 is 0 Å². The molecule has 0 unspecified atom stereocenters. The van der Waals surface area contributed by atoms with Gasteiger partial charge < -0.3 is 15.8 Å². The fourth-order valence-corrected chi connectivity index (χ4v) is 1.64. The van der Waals surface area contributed by atoms with Gasteiger partial charge in [-0.1, -0.05) is 17.7 Å². The van der Waals surface area contributed by atoms with Crippen LogP contribution in [-0.2, 0) is 4.79 Å². The number of benzene rings is 1. The molecule has 2 rings (SSSR count). The third-order valence-corrected chi connectivity index (χ3v) is 3.14. The standard InChI is InChI=1S/C14H20N2O2.ClH/c1-11-3-5-12(6-4-11)18-10-2-9-16-13(17)14(15)7-8-14;/h3-6H,2,7-10,15H2,1H3,(H,16,17);1H. The van der Waals surface area contributed by atoms with Gasteiger partial charge in [-0.25, -0.2) is 0 Å². The molecule has 19 heavy (non-hydrogen) atoms. The van der Waals surface area contributed by atoms with Crippen LogP contribution < -0.4 is 15.8 Å². The quantitative estimate of drug-likeness (QED) is 0.783. The molecule has 106 valence electrons. The highest BCUT2D eigenvalue weighted by atomic mass is 35.5. The number of aryl methyl sites for hydroxylation is 1. The molecular weight excluding hydrogens is 264 g/mol. The first-order valence-corrected chi connectivity index (χ1v) is 6.37. The topological polar surface area (TPSA) is 64.3 Å². The molecule has 0 bridgehead atoms. The molecular formula is C14H21ClN2O2. The smallest absolute Gasteiger partial charge is 0.240 e. The van der Waals surface area contributed by atoms with E-state index in [2.05, 4.69) is 5.32 Å². The Labute approximate surface area is 120 Å². The number of hydrogen-bond donors (Lipinski definition) is 2. The minimum Gasteiger partial charge on any atom is -0.494 e. The maximum Gasteiger partial charge on any atom is 0.240 e. The SMILES string of the molecule is Cc1ccc(OCCCNC(=O)C2(N)CC2)cc1.Cl. The number of ether oxygens (including phenoxy) is 1. The molecule has 0 atom stereocenters. The van der Waals surface area contributed by atoms with E-state index in [4.69, 9.17) is 10.5 Å². The summed E-state index contributed by atoms with van der Waals surface area (Å²) in [6, 6.07) is 7.94. The van der Waals surface area contributed by atoms with Gasteiger partial charge in [0.25, 0.3) is 0 Å². The number of nitrogens with one attached hydrogen (secondary N) is 1. The summed E-state index contributed by atoms with van der Waals surface area (Å²) in [4.78, 5) is 11.5. The van der Waals surface area contributed by atoms with Gasteiger partial charge in [-0.2, -0.15) is 0 Å². The van der Waals surface area contributed by atoms with E-state index in [0.717, 1.165) is 25.0 Å². The highest BCUT2D eigenvalue weighted by Gasteiger charge is 2.45. The van der Waals surface area contributed by atoms with Gasteiger partial charge in [-0.3, -0.25) is 4.79 Å². The van der Waals surface area contributed by atoms with Gasteiger partial charge in [0.2, 0.25) is 5.91 Å². The van der Waals surface area contributed by atoms with Gasteiger partial charge in [0.1, 0.15) is 5.75 Å². The average molecular weight is 285 g/mol. The molecule has 0 saturated heterocycles. The largest absolute Gasteiger partial charge is 0.494 e. The van der Waals surface area contributed by atoms with Crippen molar-refractivity contribution < 1.29 is 9.53 Å². The second kappa shape index (κ2) is 6.78. The number of hydrogen-bond acceptors (Lipinski definition) is 3. The van der Waals surface area contributed by atoms with Crippen LogP contribution in [0.25, 0.3) is 0 Å². The summed E-state index contributed by atoms with van der Waals surface area (Å²) < 4.78 is 5.56. The first-order valence-electron chi connectivity index (χ1n) is 6.37. The highest BCUT2D eigenvalue weighted by Crippen LogP contribution is 2.31. The van der Waals surface area contributed by atoms with Crippen LogP contribution in [0.4, 0.5) is 0 Å². The minimum absolute atomic E-state index is 0. The van der Waals surface area contributed by atoms with E-state index in [9.17, 15) is 4.79 Å². The molecule has 3 N–H and O–H groups in total.